The van der Waals surface area contributed by atoms with E-state index in [0.717, 1.165) is 24.3 Å². The number of rotatable bonds is 4. The molecule has 4 heteroatoms. The molecule has 0 radical (unpaired) electrons. The quantitative estimate of drug-likeness (QED) is 0.633. The van der Waals surface area contributed by atoms with Gasteiger partial charge in [0.05, 0.1) is 0 Å². The van der Waals surface area contributed by atoms with E-state index < -0.39 is 0 Å². The van der Waals surface area contributed by atoms with E-state index in [1.807, 2.05) is 7.05 Å². The van der Waals surface area contributed by atoms with E-state index in [1.165, 1.54) is 77.7 Å². The van der Waals surface area contributed by atoms with Gasteiger partial charge in [-0.25, -0.2) is 0 Å². The summed E-state index contributed by atoms with van der Waals surface area (Å²) in [6, 6.07) is 0. The van der Waals surface area contributed by atoms with Crippen molar-refractivity contribution in [2.45, 2.75) is 58.8 Å². The lowest BCUT2D eigenvalue weighted by molar-refractivity contribution is 0.159. The highest BCUT2D eigenvalue weighted by Gasteiger charge is 2.41. The number of hydrogen-bond donors (Lipinski definition) is 1. The maximum Gasteiger partial charge on any atom is 0.193 e. The van der Waals surface area contributed by atoms with Gasteiger partial charge in [0.15, 0.2) is 5.96 Å². The van der Waals surface area contributed by atoms with Crippen LogP contribution in [-0.2, 0) is 0 Å². The molecule has 0 aromatic carbocycles. The molecule has 3 rings (SSSR count). The van der Waals surface area contributed by atoms with Crippen molar-refractivity contribution in [2.24, 2.45) is 22.2 Å². The summed E-state index contributed by atoms with van der Waals surface area (Å²) in [6.45, 7) is 12.0. The van der Waals surface area contributed by atoms with Crippen molar-refractivity contribution in [1.82, 2.24) is 15.1 Å². The van der Waals surface area contributed by atoms with E-state index in [2.05, 4.69) is 34.0 Å². The van der Waals surface area contributed by atoms with Crippen LogP contribution in [0.2, 0.25) is 0 Å². The molecule has 24 heavy (non-hydrogen) atoms. The van der Waals surface area contributed by atoms with E-state index in [-0.39, 0.29) is 0 Å². The highest BCUT2D eigenvalue weighted by Crippen LogP contribution is 2.45. The molecule has 0 amide bonds. The highest BCUT2D eigenvalue weighted by molar-refractivity contribution is 5.80. The van der Waals surface area contributed by atoms with Crippen LogP contribution >= 0.6 is 0 Å². The molecule has 1 unspecified atom stereocenters. The van der Waals surface area contributed by atoms with Crippen LogP contribution in [0, 0.1) is 17.3 Å². The maximum absolute atomic E-state index is 4.59. The summed E-state index contributed by atoms with van der Waals surface area (Å²) in [5.74, 6) is 2.70. The second kappa shape index (κ2) is 8.07. The molecule has 138 valence electrons. The van der Waals surface area contributed by atoms with Crippen molar-refractivity contribution in [1.29, 1.82) is 0 Å². The fourth-order valence-electron chi connectivity index (χ4n) is 5.22. The minimum Gasteiger partial charge on any atom is -0.356 e. The van der Waals surface area contributed by atoms with Crippen molar-refractivity contribution in [3.63, 3.8) is 0 Å². The van der Waals surface area contributed by atoms with E-state index in [4.69, 9.17) is 0 Å². The van der Waals surface area contributed by atoms with Crippen molar-refractivity contribution < 1.29 is 0 Å². The Morgan fingerprint density at radius 1 is 1.17 bits per heavy atom. The van der Waals surface area contributed by atoms with Crippen LogP contribution in [0.3, 0.4) is 0 Å². The van der Waals surface area contributed by atoms with Gasteiger partial charge in [0.2, 0.25) is 0 Å². The summed E-state index contributed by atoms with van der Waals surface area (Å²) in [5.41, 5.74) is 0.622. The van der Waals surface area contributed by atoms with E-state index in [1.54, 1.807) is 0 Å². The number of likely N-dealkylation sites (tertiary alicyclic amines) is 2. The van der Waals surface area contributed by atoms with Crippen LogP contribution in [-0.4, -0.2) is 62.1 Å². The standard InChI is InChI=1S/C20H38N4/c1-17(2)14-23-11-6-7-18(15-23)13-22-19(21-3)24-12-10-20(16-24)8-4-5-9-20/h17-18H,4-16H2,1-3H3,(H,21,22). The summed E-state index contributed by atoms with van der Waals surface area (Å²) in [4.78, 5) is 9.78. The van der Waals surface area contributed by atoms with E-state index >= 15 is 0 Å². The van der Waals surface area contributed by atoms with E-state index in [0.29, 0.717) is 5.41 Å². The molecule has 3 aliphatic rings. The number of nitrogens with one attached hydrogen (secondary N) is 1. The summed E-state index contributed by atoms with van der Waals surface area (Å²) >= 11 is 0. The minimum absolute atomic E-state index is 0.622. The lowest BCUT2D eigenvalue weighted by Gasteiger charge is -2.34. The lowest BCUT2D eigenvalue weighted by atomic mass is 9.86. The average molecular weight is 335 g/mol. The Kier molecular flexibility index (Phi) is 6.07. The molecule has 1 saturated carbocycles. The zero-order chi connectivity index (χ0) is 17.0. The largest absolute Gasteiger partial charge is 0.356 e. The zero-order valence-electron chi connectivity index (χ0n) is 16.2. The molecule has 1 spiro atoms. The average Bonchev–Trinajstić information content (AvgIpc) is 3.18. The molecule has 1 atom stereocenters. The molecule has 1 aliphatic carbocycles. The Bertz CT molecular complexity index is 425. The molecule has 1 N–H and O–H groups in total. The van der Waals surface area contributed by atoms with Crippen LogP contribution in [0.1, 0.15) is 58.8 Å². The second-order valence-electron chi connectivity index (χ2n) is 8.97. The van der Waals surface area contributed by atoms with E-state index in [9.17, 15) is 0 Å². The monoisotopic (exact) mass is 334 g/mol. The van der Waals surface area contributed by atoms with Gasteiger partial charge in [-0.2, -0.15) is 0 Å². The van der Waals surface area contributed by atoms with Gasteiger partial charge in [-0.15, -0.1) is 0 Å². The van der Waals surface area contributed by atoms with Crippen LogP contribution in [0.5, 0.6) is 0 Å². The number of aliphatic imine (C=N–C) groups is 1. The van der Waals surface area contributed by atoms with Gasteiger partial charge >= 0.3 is 0 Å². The fourth-order valence-corrected chi connectivity index (χ4v) is 5.22. The molecule has 2 heterocycles. The fraction of sp³-hybridized carbons (Fsp3) is 0.950. The minimum atomic E-state index is 0.622. The molecule has 2 aliphatic heterocycles. The molecule has 0 bridgehead atoms. The first-order chi connectivity index (χ1) is 11.6. The topological polar surface area (TPSA) is 30.9 Å². The Balaban J connectivity index is 1.46. The summed E-state index contributed by atoms with van der Waals surface area (Å²) in [7, 11) is 1.95. The van der Waals surface area contributed by atoms with Crippen LogP contribution in [0.4, 0.5) is 0 Å². The summed E-state index contributed by atoms with van der Waals surface area (Å²) in [6.07, 6.45) is 9.84. The van der Waals surface area contributed by atoms with Gasteiger partial charge < -0.3 is 15.1 Å². The predicted octanol–water partition coefficient (Wildman–Crippen LogP) is 3.20. The Morgan fingerprint density at radius 2 is 1.96 bits per heavy atom. The summed E-state index contributed by atoms with van der Waals surface area (Å²) in [5, 5.41) is 3.71. The molecule has 0 aromatic rings. The van der Waals surface area contributed by atoms with Gasteiger partial charge in [-0.1, -0.05) is 26.7 Å². The Hall–Kier alpha value is -0.770. The first-order valence-corrected chi connectivity index (χ1v) is 10.3. The summed E-state index contributed by atoms with van der Waals surface area (Å²) < 4.78 is 0. The van der Waals surface area contributed by atoms with Crippen LogP contribution in [0.15, 0.2) is 4.99 Å². The molecule has 0 aromatic heterocycles. The predicted molar refractivity (Wildman–Crippen MR) is 102 cm³/mol. The van der Waals surface area contributed by atoms with Crippen molar-refractivity contribution in [2.75, 3.05) is 46.3 Å². The molecule has 4 nitrogen and oxygen atoms in total. The van der Waals surface area contributed by atoms with Gasteiger partial charge in [0.25, 0.3) is 0 Å². The number of hydrogen-bond acceptors (Lipinski definition) is 2. The molecule has 2 saturated heterocycles. The molecule has 3 fully saturated rings. The highest BCUT2D eigenvalue weighted by atomic mass is 15.3. The van der Waals surface area contributed by atoms with Gasteiger partial charge in [-0.3, -0.25) is 4.99 Å². The van der Waals surface area contributed by atoms with Crippen LogP contribution in [0.25, 0.3) is 0 Å². The third-order valence-electron chi connectivity index (χ3n) is 6.39. The molecular weight excluding hydrogens is 296 g/mol. The van der Waals surface area contributed by atoms with Crippen molar-refractivity contribution in [3.8, 4) is 0 Å². The SMILES string of the molecule is CN=C(NCC1CCCN(CC(C)C)C1)N1CCC2(CCCC2)C1. The third-order valence-corrected chi connectivity index (χ3v) is 6.39. The molecular formula is C20H38N4. The van der Waals surface area contributed by atoms with Crippen molar-refractivity contribution in [3.05, 3.63) is 0 Å². The smallest absolute Gasteiger partial charge is 0.193 e. The number of piperidine rings is 1. The number of guanidine groups is 1. The Labute approximate surface area is 149 Å². The van der Waals surface area contributed by atoms with Gasteiger partial charge in [0, 0.05) is 39.8 Å². The van der Waals surface area contributed by atoms with Gasteiger partial charge in [0.1, 0.15) is 0 Å². The third kappa shape index (κ3) is 4.44. The normalized spacial score (nSPS) is 28.2. The van der Waals surface area contributed by atoms with Crippen molar-refractivity contribution >= 4 is 5.96 Å². The maximum atomic E-state index is 4.59. The lowest BCUT2D eigenvalue weighted by Crippen LogP contribution is -2.46. The van der Waals surface area contributed by atoms with Crippen LogP contribution < -0.4 is 5.32 Å². The zero-order valence-corrected chi connectivity index (χ0v) is 16.2. The second-order valence-corrected chi connectivity index (χ2v) is 8.97. The Morgan fingerprint density at radius 3 is 2.67 bits per heavy atom. The van der Waals surface area contributed by atoms with Gasteiger partial charge in [-0.05, 0) is 55.9 Å². The first-order valence-electron chi connectivity index (χ1n) is 10.3. The first kappa shape index (κ1) is 18.0. The number of nitrogens with zero attached hydrogens (tertiary/aromatic N) is 3.